The molecule has 0 aliphatic rings. The SMILES string of the molecule is COC(=O)[C@H](NCc1cc[nH]c1)[C@H](C)O. The lowest BCUT2D eigenvalue weighted by Crippen LogP contribution is -2.45. The molecule has 1 heterocycles. The smallest absolute Gasteiger partial charge is 0.325 e. The first-order valence-corrected chi connectivity index (χ1v) is 4.76. The van der Waals surface area contributed by atoms with Crippen LogP contribution in [0.15, 0.2) is 18.5 Å². The summed E-state index contributed by atoms with van der Waals surface area (Å²) in [5, 5.41) is 12.3. The molecule has 2 atom stereocenters. The summed E-state index contributed by atoms with van der Waals surface area (Å²) in [6, 6.07) is 1.20. The Hall–Kier alpha value is -1.33. The molecule has 84 valence electrons. The molecule has 0 saturated heterocycles. The van der Waals surface area contributed by atoms with Crippen molar-refractivity contribution in [3.8, 4) is 0 Å². The molecule has 0 spiro atoms. The topological polar surface area (TPSA) is 74.3 Å². The fraction of sp³-hybridized carbons (Fsp3) is 0.500. The van der Waals surface area contributed by atoms with Crippen LogP contribution in [0, 0.1) is 0 Å². The number of nitrogens with one attached hydrogen (secondary N) is 2. The van der Waals surface area contributed by atoms with E-state index in [1.165, 1.54) is 7.11 Å². The van der Waals surface area contributed by atoms with Gasteiger partial charge in [0, 0.05) is 18.9 Å². The maximum atomic E-state index is 11.3. The number of aromatic nitrogens is 1. The Morgan fingerprint density at radius 3 is 2.93 bits per heavy atom. The van der Waals surface area contributed by atoms with Crippen LogP contribution in [0.25, 0.3) is 0 Å². The summed E-state index contributed by atoms with van der Waals surface area (Å²) in [4.78, 5) is 14.2. The molecule has 0 aliphatic carbocycles. The van der Waals surface area contributed by atoms with E-state index in [1.54, 1.807) is 13.1 Å². The molecule has 1 aromatic heterocycles. The zero-order valence-electron chi connectivity index (χ0n) is 8.86. The number of esters is 1. The van der Waals surface area contributed by atoms with E-state index in [9.17, 15) is 9.90 Å². The van der Waals surface area contributed by atoms with Gasteiger partial charge in [0.2, 0.25) is 0 Å². The molecule has 0 fully saturated rings. The van der Waals surface area contributed by atoms with Gasteiger partial charge in [0.15, 0.2) is 0 Å². The van der Waals surface area contributed by atoms with Crippen LogP contribution in [0.4, 0.5) is 0 Å². The molecule has 0 aromatic carbocycles. The number of hydrogen-bond acceptors (Lipinski definition) is 4. The van der Waals surface area contributed by atoms with Crippen LogP contribution < -0.4 is 5.32 Å². The third-order valence-electron chi connectivity index (χ3n) is 2.13. The summed E-state index contributed by atoms with van der Waals surface area (Å²) in [6.07, 6.45) is 2.84. The Labute approximate surface area is 88.4 Å². The van der Waals surface area contributed by atoms with Gasteiger partial charge in [-0.3, -0.25) is 10.1 Å². The van der Waals surface area contributed by atoms with Gasteiger partial charge in [-0.1, -0.05) is 0 Å². The molecule has 3 N–H and O–H groups in total. The average Bonchev–Trinajstić information content (AvgIpc) is 2.70. The first-order chi connectivity index (χ1) is 7.15. The number of aromatic amines is 1. The minimum atomic E-state index is -0.781. The summed E-state index contributed by atoms with van der Waals surface area (Å²) >= 11 is 0. The van der Waals surface area contributed by atoms with Gasteiger partial charge in [-0.15, -0.1) is 0 Å². The summed E-state index contributed by atoms with van der Waals surface area (Å²) < 4.78 is 4.57. The predicted molar refractivity (Wildman–Crippen MR) is 55.1 cm³/mol. The molecule has 0 amide bonds. The van der Waals surface area contributed by atoms with Crippen molar-refractivity contribution in [1.29, 1.82) is 0 Å². The van der Waals surface area contributed by atoms with E-state index < -0.39 is 18.1 Å². The maximum Gasteiger partial charge on any atom is 0.325 e. The highest BCUT2D eigenvalue weighted by Crippen LogP contribution is 2.00. The number of aliphatic hydroxyl groups is 1. The molecular weight excluding hydrogens is 196 g/mol. The first kappa shape index (κ1) is 11.7. The lowest BCUT2D eigenvalue weighted by atomic mass is 10.2. The quantitative estimate of drug-likeness (QED) is 0.602. The van der Waals surface area contributed by atoms with E-state index in [1.807, 2.05) is 12.3 Å². The largest absolute Gasteiger partial charge is 0.468 e. The molecule has 5 nitrogen and oxygen atoms in total. The van der Waals surface area contributed by atoms with Gasteiger partial charge in [-0.2, -0.15) is 0 Å². The third kappa shape index (κ3) is 3.38. The van der Waals surface area contributed by atoms with Crippen LogP contribution in [0.2, 0.25) is 0 Å². The Morgan fingerprint density at radius 2 is 2.47 bits per heavy atom. The predicted octanol–water partition coefficient (Wildman–Crippen LogP) is 0.0267. The molecule has 1 rings (SSSR count). The van der Waals surface area contributed by atoms with Crippen molar-refractivity contribution in [1.82, 2.24) is 10.3 Å². The lowest BCUT2D eigenvalue weighted by Gasteiger charge is -2.18. The summed E-state index contributed by atoms with van der Waals surface area (Å²) in [7, 11) is 1.30. The van der Waals surface area contributed by atoms with Crippen LogP contribution in [0.3, 0.4) is 0 Å². The van der Waals surface area contributed by atoms with Crippen molar-refractivity contribution < 1.29 is 14.6 Å². The second-order valence-electron chi connectivity index (χ2n) is 3.34. The molecule has 15 heavy (non-hydrogen) atoms. The summed E-state index contributed by atoms with van der Waals surface area (Å²) in [5.41, 5.74) is 1.02. The number of aliphatic hydroxyl groups excluding tert-OH is 1. The van der Waals surface area contributed by atoms with Gasteiger partial charge in [0.25, 0.3) is 0 Å². The van der Waals surface area contributed by atoms with E-state index in [-0.39, 0.29) is 0 Å². The highest BCUT2D eigenvalue weighted by molar-refractivity contribution is 5.76. The van der Waals surface area contributed by atoms with Gasteiger partial charge in [-0.05, 0) is 18.6 Å². The third-order valence-corrected chi connectivity index (χ3v) is 2.13. The second kappa shape index (κ2) is 5.53. The Kier molecular flexibility index (Phi) is 4.33. The number of rotatable bonds is 5. The molecule has 0 bridgehead atoms. The van der Waals surface area contributed by atoms with E-state index >= 15 is 0 Å². The Balaban J connectivity index is 2.49. The maximum absolute atomic E-state index is 11.3. The van der Waals surface area contributed by atoms with Crippen LogP contribution in [-0.4, -0.2) is 35.3 Å². The highest BCUT2D eigenvalue weighted by atomic mass is 16.5. The monoisotopic (exact) mass is 212 g/mol. The summed E-state index contributed by atoms with van der Waals surface area (Å²) in [6.45, 7) is 2.06. The second-order valence-corrected chi connectivity index (χ2v) is 3.34. The van der Waals surface area contributed by atoms with Crippen molar-refractivity contribution >= 4 is 5.97 Å². The van der Waals surface area contributed by atoms with Crippen molar-refractivity contribution in [3.05, 3.63) is 24.0 Å². The minimum absolute atomic E-state index is 0.458. The van der Waals surface area contributed by atoms with Crippen LogP contribution >= 0.6 is 0 Å². The standard InChI is InChI=1S/C10H16N2O3/c1-7(13)9(10(14)15-2)12-6-8-3-4-11-5-8/h3-5,7,9,11-13H,6H2,1-2H3/t7-,9+/m0/s1. The van der Waals surface area contributed by atoms with Crippen LogP contribution in [0.1, 0.15) is 12.5 Å². The molecule has 0 saturated carbocycles. The molecule has 1 aromatic rings. The molecule has 0 unspecified atom stereocenters. The fourth-order valence-electron chi connectivity index (χ4n) is 1.27. The number of carbonyl (C=O) groups is 1. The number of hydrogen-bond donors (Lipinski definition) is 3. The van der Waals surface area contributed by atoms with Gasteiger partial charge >= 0.3 is 5.97 Å². The molecule has 0 radical (unpaired) electrons. The number of H-pyrrole nitrogens is 1. The molecule has 5 heteroatoms. The lowest BCUT2D eigenvalue weighted by molar-refractivity contribution is -0.145. The highest BCUT2D eigenvalue weighted by Gasteiger charge is 2.23. The summed E-state index contributed by atoms with van der Waals surface area (Å²) in [5.74, 6) is -0.458. The van der Waals surface area contributed by atoms with Crippen LogP contribution in [-0.2, 0) is 16.1 Å². The number of ether oxygens (including phenoxy) is 1. The van der Waals surface area contributed by atoms with Gasteiger partial charge in [-0.25, -0.2) is 0 Å². The van der Waals surface area contributed by atoms with Gasteiger partial charge in [0.05, 0.1) is 13.2 Å². The number of methoxy groups -OCH3 is 1. The van der Waals surface area contributed by atoms with Crippen molar-refractivity contribution in [3.63, 3.8) is 0 Å². The van der Waals surface area contributed by atoms with E-state index in [0.29, 0.717) is 6.54 Å². The minimum Gasteiger partial charge on any atom is -0.468 e. The average molecular weight is 212 g/mol. The van der Waals surface area contributed by atoms with Crippen molar-refractivity contribution in [2.45, 2.75) is 25.6 Å². The van der Waals surface area contributed by atoms with Crippen molar-refractivity contribution in [2.24, 2.45) is 0 Å². The van der Waals surface area contributed by atoms with Crippen molar-refractivity contribution in [2.75, 3.05) is 7.11 Å². The van der Waals surface area contributed by atoms with Gasteiger partial charge < -0.3 is 14.8 Å². The zero-order valence-corrected chi connectivity index (χ0v) is 8.86. The fourth-order valence-corrected chi connectivity index (χ4v) is 1.27. The Bertz CT molecular complexity index is 296. The van der Waals surface area contributed by atoms with E-state index in [4.69, 9.17) is 0 Å². The van der Waals surface area contributed by atoms with E-state index in [2.05, 4.69) is 15.0 Å². The molecular formula is C10H16N2O3. The first-order valence-electron chi connectivity index (χ1n) is 4.76. The van der Waals surface area contributed by atoms with Crippen LogP contribution in [0.5, 0.6) is 0 Å². The number of carbonyl (C=O) groups excluding carboxylic acids is 1. The van der Waals surface area contributed by atoms with E-state index in [0.717, 1.165) is 5.56 Å². The zero-order chi connectivity index (χ0) is 11.3. The normalized spacial score (nSPS) is 14.6. The molecule has 0 aliphatic heterocycles. The van der Waals surface area contributed by atoms with Gasteiger partial charge in [0.1, 0.15) is 6.04 Å². The Morgan fingerprint density at radius 1 is 1.73 bits per heavy atom.